The summed E-state index contributed by atoms with van der Waals surface area (Å²) in [5.74, 6) is -1.89. The quantitative estimate of drug-likeness (QED) is 0.509. The van der Waals surface area contributed by atoms with E-state index in [-0.39, 0.29) is 0 Å². The molecule has 1 amide bonds. The molecule has 3 rings (SSSR count). The molecule has 2 N–H and O–H groups in total. The van der Waals surface area contributed by atoms with Crippen molar-refractivity contribution in [1.82, 2.24) is 0 Å². The second-order valence-electron chi connectivity index (χ2n) is 4.34. The van der Waals surface area contributed by atoms with Crippen molar-refractivity contribution in [2.24, 2.45) is 5.73 Å². The van der Waals surface area contributed by atoms with E-state index in [0.717, 1.165) is 0 Å². The van der Waals surface area contributed by atoms with Gasteiger partial charge >= 0.3 is 11.9 Å². The van der Waals surface area contributed by atoms with Crippen LogP contribution in [0.5, 0.6) is 0 Å². The van der Waals surface area contributed by atoms with E-state index < -0.39 is 17.8 Å². The number of nitrogens with two attached hydrogens (primary N) is 1. The van der Waals surface area contributed by atoms with Crippen LogP contribution in [0.3, 0.4) is 0 Å². The first kappa shape index (κ1) is 12.1. The average molecular weight is 267 g/mol. The lowest BCUT2D eigenvalue weighted by Crippen LogP contribution is -2.19. The number of carbonyl (C=O) groups is 3. The molecule has 98 valence electrons. The molecule has 0 radical (unpaired) electrons. The predicted molar refractivity (Wildman–Crippen MR) is 71.9 cm³/mol. The van der Waals surface area contributed by atoms with Gasteiger partial charge in [-0.1, -0.05) is 18.2 Å². The van der Waals surface area contributed by atoms with Gasteiger partial charge in [-0.25, -0.2) is 9.59 Å². The largest absolute Gasteiger partial charge is 0.386 e. The van der Waals surface area contributed by atoms with Crippen LogP contribution in [0.1, 0.15) is 26.3 Å². The van der Waals surface area contributed by atoms with Gasteiger partial charge in [0.05, 0.1) is 11.1 Å². The van der Waals surface area contributed by atoms with E-state index in [4.69, 9.17) is 5.73 Å². The summed E-state index contributed by atoms with van der Waals surface area (Å²) in [5, 5.41) is 1.24. The number of carbonyl (C=O) groups excluding carboxylic acids is 3. The highest BCUT2D eigenvalue weighted by Crippen LogP contribution is 2.31. The van der Waals surface area contributed by atoms with E-state index in [1.165, 1.54) is 6.08 Å². The van der Waals surface area contributed by atoms with Crippen molar-refractivity contribution in [3.8, 4) is 0 Å². The molecule has 2 aromatic rings. The maximum absolute atomic E-state index is 11.7. The van der Waals surface area contributed by atoms with Gasteiger partial charge in [0.1, 0.15) is 0 Å². The van der Waals surface area contributed by atoms with Gasteiger partial charge in [-0.3, -0.25) is 4.79 Å². The fourth-order valence-electron chi connectivity index (χ4n) is 2.28. The first-order valence-corrected chi connectivity index (χ1v) is 5.87. The highest BCUT2D eigenvalue weighted by Gasteiger charge is 2.27. The van der Waals surface area contributed by atoms with Gasteiger partial charge in [-0.15, -0.1) is 0 Å². The third kappa shape index (κ3) is 1.76. The third-order valence-electron chi connectivity index (χ3n) is 3.13. The zero-order valence-corrected chi connectivity index (χ0v) is 10.3. The minimum atomic E-state index is -0.663. The molecule has 5 heteroatoms. The second kappa shape index (κ2) is 4.31. The van der Waals surface area contributed by atoms with Gasteiger partial charge < -0.3 is 10.5 Å². The van der Waals surface area contributed by atoms with Crippen LogP contribution in [0.4, 0.5) is 0 Å². The minimum Gasteiger partial charge on any atom is -0.386 e. The number of benzene rings is 2. The van der Waals surface area contributed by atoms with Crippen LogP contribution in [0, 0.1) is 0 Å². The molecule has 0 bridgehead atoms. The van der Waals surface area contributed by atoms with Crippen LogP contribution in [0.2, 0.25) is 0 Å². The summed E-state index contributed by atoms with van der Waals surface area (Å²) in [5.41, 5.74) is 6.45. The van der Waals surface area contributed by atoms with Crippen molar-refractivity contribution >= 4 is 34.7 Å². The smallest absolute Gasteiger partial charge is 0.346 e. The molecule has 0 aliphatic carbocycles. The minimum absolute atomic E-state index is 0.339. The van der Waals surface area contributed by atoms with Gasteiger partial charge in [0.15, 0.2) is 0 Å². The molecule has 1 heterocycles. The van der Waals surface area contributed by atoms with Crippen molar-refractivity contribution in [1.29, 1.82) is 0 Å². The van der Waals surface area contributed by atoms with Crippen molar-refractivity contribution in [2.45, 2.75) is 0 Å². The van der Waals surface area contributed by atoms with Crippen LogP contribution < -0.4 is 5.73 Å². The Morgan fingerprint density at radius 3 is 2.45 bits per heavy atom. The van der Waals surface area contributed by atoms with E-state index in [1.54, 1.807) is 36.4 Å². The molecule has 0 saturated carbocycles. The van der Waals surface area contributed by atoms with Crippen molar-refractivity contribution < 1.29 is 19.1 Å². The lowest BCUT2D eigenvalue weighted by Gasteiger charge is -2.16. The maximum atomic E-state index is 11.7. The summed E-state index contributed by atoms with van der Waals surface area (Å²) in [7, 11) is 0. The van der Waals surface area contributed by atoms with E-state index in [1.807, 2.05) is 0 Å². The number of hydrogen-bond donors (Lipinski definition) is 1. The average Bonchev–Trinajstić information content (AvgIpc) is 2.42. The van der Waals surface area contributed by atoms with Gasteiger partial charge in [0.25, 0.3) is 0 Å². The Hall–Kier alpha value is -2.95. The molecule has 0 spiro atoms. The highest BCUT2D eigenvalue weighted by molar-refractivity contribution is 6.21. The fraction of sp³-hybridized carbons (Fsp3) is 0. The third-order valence-corrected chi connectivity index (χ3v) is 3.13. The van der Waals surface area contributed by atoms with Crippen LogP contribution in [-0.2, 0) is 9.53 Å². The van der Waals surface area contributed by atoms with Crippen LogP contribution in [0.25, 0.3) is 16.8 Å². The normalized spacial score (nSPS) is 13.8. The number of primary amides is 1. The molecule has 0 saturated heterocycles. The summed E-state index contributed by atoms with van der Waals surface area (Å²) < 4.78 is 4.67. The topological polar surface area (TPSA) is 86.5 Å². The fourth-order valence-corrected chi connectivity index (χ4v) is 2.28. The number of esters is 2. The lowest BCUT2D eigenvalue weighted by molar-refractivity contribution is -0.113. The van der Waals surface area contributed by atoms with Crippen LogP contribution in [0.15, 0.2) is 36.4 Å². The molecule has 1 aliphatic rings. The summed E-state index contributed by atoms with van der Waals surface area (Å²) in [4.78, 5) is 34.3. The first-order valence-electron chi connectivity index (χ1n) is 5.87. The molecule has 0 fully saturated rings. The summed E-state index contributed by atoms with van der Waals surface area (Å²) in [6.45, 7) is 0. The summed E-state index contributed by atoms with van der Waals surface area (Å²) in [6.07, 6.45) is 2.78. The lowest BCUT2D eigenvalue weighted by atomic mass is 9.94. The Bertz CT molecular complexity index is 785. The Kier molecular flexibility index (Phi) is 2.61. The van der Waals surface area contributed by atoms with E-state index in [9.17, 15) is 14.4 Å². The standard InChI is InChI=1S/C15H9NO4/c16-12(17)7-5-8-4-6-11-13-9(8)2-1-3-10(13)14(18)20-15(11)19/h1-7H,(H2,16,17). The number of ether oxygens (including phenoxy) is 1. The van der Waals surface area contributed by atoms with Crippen molar-refractivity contribution in [3.63, 3.8) is 0 Å². The van der Waals surface area contributed by atoms with Gasteiger partial charge in [-0.2, -0.15) is 0 Å². The van der Waals surface area contributed by atoms with Gasteiger partial charge in [0.2, 0.25) is 5.91 Å². The molecular formula is C15H9NO4. The van der Waals surface area contributed by atoms with Crippen molar-refractivity contribution in [3.05, 3.63) is 53.1 Å². The first-order chi connectivity index (χ1) is 9.58. The molecule has 5 nitrogen and oxygen atoms in total. The number of rotatable bonds is 2. The molecule has 2 aromatic carbocycles. The van der Waals surface area contributed by atoms with Crippen molar-refractivity contribution in [2.75, 3.05) is 0 Å². The molecule has 0 atom stereocenters. The van der Waals surface area contributed by atoms with Gasteiger partial charge in [-0.05, 0) is 29.2 Å². The highest BCUT2D eigenvalue weighted by atomic mass is 16.6. The summed E-state index contributed by atoms with van der Waals surface area (Å²) in [6, 6.07) is 8.32. The number of amides is 1. The Balaban J connectivity index is 2.35. The van der Waals surface area contributed by atoms with Crippen LogP contribution >= 0.6 is 0 Å². The van der Waals surface area contributed by atoms with E-state index >= 15 is 0 Å². The predicted octanol–water partition coefficient (Wildman–Crippen LogP) is 1.65. The molecule has 20 heavy (non-hydrogen) atoms. The molecular weight excluding hydrogens is 258 g/mol. The Morgan fingerprint density at radius 1 is 1.05 bits per heavy atom. The molecule has 0 unspecified atom stereocenters. The number of cyclic esters (lactones) is 2. The monoisotopic (exact) mass is 267 g/mol. The Morgan fingerprint density at radius 2 is 1.75 bits per heavy atom. The maximum Gasteiger partial charge on any atom is 0.346 e. The Labute approximate surface area is 113 Å². The zero-order valence-electron chi connectivity index (χ0n) is 10.3. The van der Waals surface area contributed by atoms with E-state index in [2.05, 4.69) is 4.74 Å². The van der Waals surface area contributed by atoms with Crippen LogP contribution in [-0.4, -0.2) is 17.8 Å². The molecule has 0 aromatic heterocycles. The van der Waals surface area contributed by atoms with E-state index in [0.29, 0.717) is 27.5 Å². The second-order valence-corrected chi connectivity index (χ2v) is 4.34. The SMILES string of the molecule is NC(=O)C=Cc1ccc2c3c(cccc13)C(=O)OC2=O. The van der Waals surface area contributed by atoms with Gasteiger partial charge in [0, 0.05) is 11.5 Å². The zero-order chi connectivity index (χ0) is 14.3. The summed E-state index contributed by atoms with van der Waals surface area (Å²) >= 11 is 0. The molecule has 1 aliphatic heterocycles. The number of hydrogen-bond acceptors (Lipinski definition) is 4.